The summed E-state index contributed by atoms with van der Waals surface area (Å²) in [6.45, 7) is 1.45. The third kappa shape index (κ3) is 4.24. The summed E-state index contributed by atoms with van der Waals surface area (Å²) >= 11 is 0. The predicted molar refractivity (Wildman–Crippen MR) is 67.6 cm³/mol. The molecule has 2 atom stereocenters. The molecule has 0 spiro atoms. The summed E-state index contributed by atoms with van der Waals surface area (Å²) in [6, 6.07) is -2.41. The van der Waals surface area contributed by atoms with E-state index in [1.165, 1.54) is 6.92 Å². The van der Waals surface area contributed by atoms with E-state index in [0.29, 0.717) is 0 Å². The van der Waals surface area contributed by atoms with Gasteiger partial charge in [0.15, 0.2) is 0 Å². The summed E-state index contributed by atoms with van der Waals surface area (Å²) in [4.78, 5) is 57.4. The molecule has 2 unspecified atom stereocenters. The Hall–Kier alpha value is -2.49. The molecule has 0 radical (unpaired) electrons. The van der Waals surface area contributed by atoms with Gasteiger partial charge in [-0.25, -0.2) is 0 Å². The number of nitrogens with one attached hydrogen (secondary N) is 2. The van der Waals surface area contributed by atoms with Crippen molar-refractivity contribution in [1.29, 1.82) is 0 Å². The van der Waals surface area contributed by atoms with Crippen LogP contribution in [0.5, 0.6) is 0 Å². The van der Waals surface area contributed by atoms with Gasteiger partial charge in [-0.2, -0.15) is 0 Å². The van der Waals surface area contributed by atoms with Gasteiger partial charge in [0, 0.05) is 13.1 Å². The largest absolute Gasteiger partial charge is 0.481 e. The van der Waals surface area contributed by atoms with Gasteiger partial charge in [0.1, 0.15) is 6.04 Å². The number of hydrogen-bond acceptors (Lipinski definition) is 6. The molecule has 0 aromatic heterocycles. The lowest BCUT2D eigenvalue weighted by atomic mass is 10.2. The first kappa shape index (κ1) is 16.6. The quantitative estimate of drug-likeness (QED) is 0.388. The molecule has 1 aliphatic heterocycles. The molecule has 0 aliphatic carbocycles. The van der Waals surface area contributed by atoms with Crippen LogP contribution in [0.25, 0.3) is 0 Å². The van der Waals surface area contributed by atoms with E-state index in [2.05, 4.69) is 10.6 Å². The number of carbonyl (C=O) groups excluding carboxylic acids is 4. The van der Waals surface area contributed by atoms with Crippen LogP contribution in [0.1, 0.15) is 13.3 Å². The first-order valence-electron chi connectivity index (χ1n) is 6.15. The molecule has 1 rings (SSSR count). The third-order valence-corrected chi connectivity index (χ3v) is 2.79. The van der Waals surface area contributed by atoms with Crippen LogP contribution < -0.4 is 16.4 Å². The fraction of sp³-hybridized carbons (Fsp3) is 0.545. The molecule has 4 amide bonds. The van der Waals surface area contributed by atoms with E-state index >= 15 is 0 Å². The molecule has 5 N–H and O–H groups in total. The zero-order valence-corrected chi connectivity index (χ0v) is 11.3. The Morgan fingerprint density at radius 1 is 1.43 bits per heavy atom. The van der Waals surface area contributed by atoms with Gasteiger partial charge in [-0.15, -0.1) is 0 Å². The van der Waals surface area contributed by atoms with Crippen LogP contribution in [-0.4, -0.2) is 64.8 Å². The van der Waals surface area contributed by atoms with Gasteiger partial charge in [-0.3, -0.25) is 28.9 Å². The maximum atomic E-state index is 12.0. The highest BCUT2D eigenvalue weighted by Gasteiger charge is 2.34. The van der Waals surface area contributed by atoms with Gasteiger partial charge in [0.05, 0.1) is 12.5 Å². The Morgan fingerprint density at radius 3 is 2.62 bits per heavy atom. The fourth-order valence-corrected chi connectivity index (χ4v) is 1.69. The minimum absolute atomic E-state index is 0.00476. The van der Waals surface area contributed by atoms with Gasteiger partial charge in [-0.1, -0.05) is 0 Å². The van der Waals surface area contributed by atoms with E-state index in [-0.39, 0.29) is 13.1 Å². The average molecular weight is 300 g/mol. The molecule has 0 aromatic carbocycles. The normalized spacial score (nSPS) is 17.7. The summed E-state index contributed by atoms with van der Waals surface area (Å²) in [6.07, 6.45) is -0.586. The number of hydrogen-bond donors (Lipinski definition) is 4. The van der Waals surface area contributed by atoms with Crippen LogP contribution in [-0.2, 0) is 24.0 Å². The number of rotatable bonds is 5. The maximum Gasteiger partial charge on any atom is 0.318 e. The fourth-order valence-electron chi connectivity index (χ4n) is 1.69. The Kier molecular flexibility index (Phi) is 5.36. The molecule has 1 heterocycles. The molecule has 0 aromatic rings. The van der Waals surface area contributed by atoms with Crippen LogP contribution >= 0.6 is 0 Å². The molecule has 0 bridgehead atoms. The molecule has 10 nitrogen and oxygen atoms in total. The molecule has 116 valence electrons. The van der Waals surface area contributed by atoms with Crippen molar-refractivity contribution in [3.63, 3.8) is 0 Å². The molecule has 1 saturated heterocycles. The van der Waals surface area contributed by atoms with Crippen molar-refractivity contribution in [2.45, 2.75) is 25.4 Å². The Labute approximate surface area is 119 Å². The SMILES string of the molecule is CC(NC(=O)C(N)CC(=O)O)C(=O)N1CCNC(=O)C1=O. The van der Waals surface area contributed by atoms with Crippen LogP contribution in [0.3, 0.4) is 0 Å². The maximum absolute atomic E-state index is 12.0. The topological polar surface area (TPSA) is 159 Å². The Balaban J connectivity index is 2.62. The number of carboxylic acid groups (broad SMARTS) is 1. The van der Waals surface area contributed by atoms with E-state index < -0.39 is 48.1 Å². The van der Waals surface area contributed by atoms with Crippen LogP contribution in [0.15, 0.2) is 0 Å². The lowest BCUT2D eigenvalue weighted by molar-refractivity contribution is -0.155. The number of nitrogens with zero attached hydrogens (tertiary/aromatic N) is 1. The first-order chi connectivity index (χ1) is 9.73. The number of amides is 4. The van der Waals surface area contributed by atoms with E-state index in [4.69, 9.17) is 10.8 Å². The second kappa shape index (κ2) is 6.79. The van der Waals surface area contributed by atoms with Crippen molar-refractivity contribution in [3.05, 3.63) is 0 Å². The highest BCUT2D eigenvalue weighted by Crippen LogP contribution is 2.01. The molecular weight excluding hydrogens is 284 g/mol. The number of carbonyl (C=O) groups is 5. The lowest BCUT2D eigenvalue weighted by Gasteiger charge is -2.27. The molecular formula is C11H16N4O6. The molecule has 1 aliphatic rings. The van der Waals surface area contributed by atoms with Crippen LogP contribution in [0.4, 0.5) is 0 Å². The average Bonchev–Trinajstić information content (AvgIpc) is 2.40. The number of piperazine rings is 1. The number of aliphatic carboxylic acids is 1. The summed E-state index contributed by atoms with van der Waals surface area (Å²) in [7, 11) is 0. The Morgan fingerprint density at radius 2 is 2.05 bits per heavy atom. The van der Waals surface area contributed by atoms with E-state index in [9.17, 15) is 24.0 Å². The first-order valence-corrected chi connectivity index (χ1v) is 6.15. The highest BCUT2D eigenvalue weighted by atomic mass is 16.4. The molecule has 10 heteroatoms. The van der Waals surface area contributed by atoms with E-state index in [1.807, 2.05) is 0 Å². The smallest absolute Gasteiger partial charge is 0.318 e. The highest BCUT2D eigenvalue weighted by molar-refractivity contribution is 6.38. The molecule has 21 heavy (non-hydrogen) atoms. The number of carboxylic acids is 1. The molecule has 0 saturated carbocycles. The lowest BCUT2D eigenvalue weighted by Crippen LogP contribution is -2.59. The van der Waals surface area contributed by atoms with E-state index in [0.717, 1.165) is 4.90 Å². The molecule has 1 fully saturated rings. The van der Waals surface area contributed by atoms with Gasteiger partial charge in [-0.05, 0) is 6.92 Å². The summed E-state index contributed by atoms with van der Waals surface area (Å²) in [5.74, 6) is -4.73. The van der Waals surface area contributed by atoms with Gasteiger partial charge < -0.3 is 21.5 Å². The minimum Gasteiger partial charge on any atom is -0.481 e. The summed E-state index contributed by atoms with van der Waals surface area (Å²) < 4.78 is 0. The second-order valence-electron chi connectivity index (χ2n) is 4.49. The number of nitrogens with two attached hydrogens (primary N) is 1. The van der Waals surface area contributed by atoms with Crippen molar-refractivity contribution < 1.29 is 29.1 Å². The van der Waals surface area contributed by atoms with Crippen molar-refractivity contribution >= 4 is 29.6 Å². The Bertz CT molecular complexity index is 491. The van der Waals surface area contributed by atoms with Crippen LogP contribution in [0, 0.1) is 0 Å². The number of imide groups is 1. The van der Waals surface area contributed by atoms with Gasteiger partial charge in [0.2, 0.25) is 5.91 Å². The van der Waals surface area contributed by atoms with Crippen molar-refractivity contribution in [2.24, 2.45) is 5.73 Å². The van der Waals surface area contributed by atoms with Gasteiger partial charge in [0.25, 0.3) is 5.91 Å². The standard InChI is InChI=1S/C11H16N4O6/c1-5(14-8(18)6(12)4-7(16)17)10(20)15-3-2-13-9(19)11(15)21/h5-6H,2-4,12H2,1H3,(H,13,19)(H,14,18)(H,16,17). The van der Waals surface area contributed by atoms with Gasteiger partial charge >= 0.3 is 17.8 Å². The summed E-state index contributed by atoms with van der Waals surface area (Å²) in [5, 5.41) is 13.0. The zero-order chi connectivity index (χ0) is 16.2. The second-order valence-corrected chi connectivity index (χ2v) is 4.49. The third-order valence-electron chi connectivity index (χ3n) is 2.79. The van der Waals surface area contributed by atoms with Crippen LogP contribution in [0.2, 0.25) is 0 Å². The predicted octanol–water partition coefficient (Wildman–Crippen LogP) is -3.22. The summed E-state index contributed by atoms with van der Waals surface area (Å²) in [5.41, 5.74) is 5.35. The van der Waals surface area contributed by atoms with Crippen molar-refractivity contribution in [1.82, 2.24) is 15.5 Å². The minimum atomic E-state index is -1.31. The zero-order valence-electron chi connectivity index (χ0n) is 11.3. The monoisotopic (exact) mass is 300 g/mol. The van der Waals surface area contributed by atoms with E-state index in [1.54, 1.807) is 0 Å². The van der Waals surface area contributed by atoms with Crippen molar-refractivity contribution in [2.75, 3.05) is 13.1 Å². The van der Waals surface area contributed by atoms with Crippen molar-refractivity contribution in [3.8, 4) is 0 Å².